The molecule has 0 N–H and O–H groups in total. The van der Waals surface area contributed by atoms with Crippen molar-refractivity contribution in [1.29, 1.82) is 0 Å². The van der Waals surface area contributed by atoms with Crippen LogP contribution in [0.3, 0.4) is 0 Å². The zero-order chi connectivity index (χ0) is 14.2. The first-order chi connectivity index (χ1) is 8.82. The number of likely N-dealkylation sites (N-methyl/N-ethyl adjacent to an activating group) is 1. The smallest absolute Gasteiger partial charge is 0.243 e. The molecular weight excluding hydrogens is 328 g/mol. The maximum Gasteiger partial charge on any atom is 0.243 e. The fraction of sp³-hybridized carbons (Fsp3) is 0.538. The van der Waals surface area contributed by atoms with Crippen LogP contribution in [0.1, 0.15) is 12.0 Å². The summed E-state index contributed by atoms with van der Waals surface area (Å²) in [6.45, 7) is 3.00. The standard InChI is InChI=1S/C13H19BrN2O2S/c1-10-4-5-11(14)8-13(10)19(17,18)16-7-6-12(9-16)15(2)3/h4-5,8,12H,6-7,9H2,1-3H3. The van der Waals surface area contributed by atoms with Crippen LogP contribution in [0, 0.1) is 6.92 Å². The first kappa shape index (κ1) is 15.0. The molecule has 0 aliphatic carbocycles. The second-order valence-electron chi connectivity index (χ2n) is 5.18. The van der Waals surface area contributed by atoms with E-state index in [9.17, 15) is 8.42 Å². The molecule has 0 spiro atoms. The highest BCUT2D eigenvalue weighted by atomic mass is 79.9. The molecule has 1 aliphatic rings. The Morgan fingerprint density at radius 3 is 2.63 bits per heavy atom. The summed E-state index contributed by atoms with van der Waals surface area (Å²) in [6, 6.07) is 5.69. The summed E-state index contributed by atoms with van der Waals surface area (Å²) in [5, 5.41) is 0. The van der Waals surface area contributed by atoms with E-state index in [1.165, 1.54) is 0 Å². The molecular formula is C13H19BrN2O2S. The fourth-order valence-corrected chi connectivity index (χ4v) is 4.60. The lowest BCUT2D eigenvalue weighted by atomic mass is 10.2. The van der Waals surface area contributed by atoms with Gasteiger partial charge in [0.1, 0.15) is 0 Å². The first-order valence-corrected chi connectivity index (χ1v) is 8.48. The van der Waals surface area contributed by atoms with Crippen LogP contribution < -0.4 is 0 Å². The molecule has 1 aromatic rings. The van der Waals surface area contributed by atoms with E-state index < -0.39 is 10.0 Å². The molecule has 1 aliphatic heterocycles. The third kappa shape index (κ3) is 3.02. The van der Waals surface area contributed by atoms with E-state index in [4.69, 9.17) is 0 Å². The van der Waals surface area contributed by atoms with E-state index in [0.29, 0.717) is 24.0 Å². The van der Waals surface area contributed by atoms with Crippen LogP contribution in [0.25, 0.3) is 0 Å². The number of hydrogen-bond acceptors (Lipinski definition) is 3. The summed E-state index contributed by atoms with van der Waals surface area (Å²) < 4.78 is 27.7. The number of nitrogens with zero attached hydrogens (tertiary/aromatic N) is 2. The summed E-state index contributed by atoms with van der Waals surface area (Å²) in [5.74, 6) is 0. The quantitative estimate of drug-likeness (QED) is 0.841. The molecule has 1 saturated heterocycles. The summed E-state index contributed by atoms with van der Waals surface area (Å²) in [4.78, 5) is 2.49. The molecule has 1 unspecified atom stereocenters. The maximum absolute atomic E-state index is 12.7. The van der Waals surface area contributed by atoms with Gasteiger partial charge in [-0.05, 0) is 45.1 Å². The Hall–Kier alpha value is -0.430. The van der Waals surface area contributed by atoms with Gasteiger partial charge in [-0.15, -0.1) is 0 Å². The monoisotopic (exact) mass is 346 g/mol. The Labute approximate surface area is 123 Å². The van der Waals surface area contributed by atoms with Crippen LogP contribution >= 0.6 is 15.9 Å². The first-order valence-electron chi connectivity index (χ1n) is 6.25. The number of halogens is 1. The predicted octanol–water partition coefficient (Wildman–Crippen LogP) is 2.08. The second kappa shape index (κ2) is 5.52. The van der Waals surface area contributed by atoms with Gasteiger partial charge in [0.05, 0.1) is 4.90 Å². The van der Waals surface area contributed by atoms with Crippen LogP contribution in [0.2, 0.25) is 0 Å². The van der Waals surface area contributed by atoms with E-state index in [2.05, 4.69) is 20.8 Å². The number of sulfonamides is 1. The molecule has 19 heavy (non-hydrogen) atoms. The molecule has 1 heterocycles. The van der Waals surface area contributed by atoms with Gasteiger partial charge in [0, 0.05) is 23.6 Å². The molecule has 0 aromatic heterocycles. The molecule has 0 radical (unpaired) electrons. The third-order valence-electron chi connectivity index (χ3n) is 3.62. The average Bonchev–Trinajstić information content (AvgIpc) is 2.82. The van der Waals surface area contributed by atoms with Crippen molar-refractivity contribution < 1.29 is 8.42 Å². The summed E-state index contributed by atoms with van der Waals surface area (Å²) in [6.07, 6.45) is 0.888. The number of rotatable bonds is 3. The van der Waals surface area contributed by atoms with Crippen molar-refractivity contribution in [2.45, 2.75) is 24.3 Å². The Bertz CT molecular complexity index is 572. The maximum atomic E-state index is 12.7. The average molecular weight is 347 g/mol. The van der Waals surface area contributed by atoms with E-state index in [1.54, 1.807) is 10.4 Å². The van der Waals surface area contributed by atoms with E-state index >= 15 is 0 Å². The fourth-order valence-electron chi connectivity index (χ4n) is 2.34. The van der Waals surface area contributed by atoms with Crippen molar-refractivity contribution in [1.82, 2.24) is 9.21 Å². The minimum absolute atomic E-state index is 0.308. The highest BCUT2D eigenvalue weighted by Gasteiger charge is 2.34. The van der Waals surface area contributed by atoms with Gasteiger partial charge in [0.15, 0.2) is 0 Å². The SMILES string of the molecule is Cc1ccc(Br)cc1S(=O)(=O)N1CCC(N(C)C)C1. The summed E-state index contributed by atoms with van der Waals surface area (Å²) in [5.41, 5.74) is 0.788. The van der Waals surface area contributed by atoms with Crippen LogP contribution in [0.15, 0.2) is 27.6 Å². The van der Waals surface area contributed by atoms with Crippen molar-refractivity contribution in [2.24, 2.45) is 0 Å². The second-order valence-corrected chi connectivity index (χ2v) is 8.00. The largest absolute Gasteiger partial charge is 0.305 e. The minimum atomic E-state index is -3.38. The lowest BCUT2D eigenvalue weighted by Crippen LogP contribution is -2.34. The lowest BCUT2D eigenvalue weighted by molar-refractivity contribution is 0.302. The molecule has 6 heteroatoms. The van der Waals surface area contributed by atoms with Crippen molar-refractivity contribution >= 4 is 26.0 Å². The van der Waals surface area contributed by atoms with Crippen LogP contribution in [0.5, 0.6) is 0 Å². The van der Waals surface area contributed by atoms with Crippen LogP contribution in [-0.2, 0) is 10.0 Å². The van der Waals surface area contributed by atoms with Crippen molar-refractivity contribution in [2.75, 3.05) is 27.2 Å². The minimum Gasteiger partial charge on any atom is -0.305 e. The van der Waals surface area contributed by atoms with Crippen molar-refractivity contribution in [3.05, 3.63) is 28.2 Å². The van der Waals surface area contributed by atoms with Gasteiger partial charge in [0.2, 0.25) is 10.0 Å². The van der Waals surface area contributed by atoms with Gasteiger partial charge in [-0.3, -0.25) is 0 Å². The molecule has 1 fully saturated rings. The molecule has 2 rings (SSSR count). The van der Waals surface area contributed by atoms with E-state index in [0.717, 1.165) is 16.5 Å². The van der Waals surface area contributed by atoms with Gasteiger partial charge in [-0.2, -0.15) is 4.31 Å². The zero-order valence-corrected chi connectivity index (χ0v) is 13.8. The molecule has 0 amide bonds. The summed E-state index contributed by atoms with van der Waals surface area (Å²) in [7, 11) is 0.601. The molecule has 1 atom stereocenters. The van der Waals surface area contributed by atoms with Gasteiger partial charge in [-0.1, -0.05) is 22.0 Å². The summed E-state index contributed by atoms with van der Waals surface area (Å²) >= 11 is 3.34. The number of hydrogen-bond donors (Lipinski definition) is 0. The Morgan fingerprint density at radius 1 is 1.37 bits per heavy atom. The van der Waals surface area contributed by atoms with E-state index in [1.807, 2.05) is 33.2 Å². The van der Waals surface area contributed by atoms with Gasteiger partial charge < -0.3 is 4.90 Å². The molecule has 0 saturated carbocycles. The van der Waals surface area contributed by atoms with Gasteiger partial charge in [-0.25, -0.2) is 8.42 Å². The van der Waals surface area contributed by atoms with Crippen molar-refractivity contribution in [3.8, 4) is 0 Å². The number of benzene rings is 1. The van der Waals surface area contributed by atoms with Gasteiger partial charge in [0.25, 0.3) is 0 Å². The third-order valence-corrected chi connectivity index (χ3v) is 6.12. The predicted molar refractivity (Wildman–Crippen MR) is 79.7 cm³/mol. The van der Waals surface area contributed by atoms with Crippen molar-refractivity contribution in [3.63, 3.8) is 0 Å². The molecule has 4 nitrogen and oxygen atoms in total. The molecule has 1 aromatic carbocycles. The Morgan fingerprint density at radius 2 is 2.05 bits per heavy atom. The Kier molecular flexibility index (Phi) is 4.35. The molecule has 0 bridgehead atoms. The topological polar surface area (TPSA) is 40.6 Å². The normalized spacial score (nSPS) is 21.2. The van der Waals surface area contributed by atoms with Gasteiger partial charge >= 0.3 is 0 Å². The highest BCUT2D eigenvalue weighted by molar-refractivity contribution is 9.10. The zero-order valence-electron chi connectivity index (χ0n) is 11.4. The van der Waals surface area contributed by atoms with E-state index in [-0.39, 0.29) is 0 Å². The number of aryl methyl sites for hydroxylation is 1. The van der Waals surface area contributed by atoms with Crippen LogP contribution in [0.4, 0.5) is 0 Å². The Balaban J connectivity index is 2.31. The lowest BCUT2D eigenvalue weighted by Gasteiger charge is -2.21. The van der Waals surface area contributed by atoms with Crippen LogP contribution in [-0.4, -0.2) is 50.8 Å². The highest BCUT2D eigenvalue weighted by Crippen LogP contribution is 2.27. The molecule has 106 valence electrons.